The van der Waals surface area contributed by atoms with Gasteiger partial charge in [0.15, 0.2) is 0 Å². The van der Waals surface area contributed by atoms with E-state index in [1.807, 2.05) is 0 Å². The van der Waals surface area contributed by atoms with Crippen LogP contribution in [0.5, 0.6) is 5.75 Å². The molecule has 5 heteroatoms. The normalized spacial score (nSPS) is 10.3. The van der Waals surface area contributed by atoms with Crippen LogP contribution in [0.2, 0.25) is 10.0 Å². The zero-order valence-electron chi connectivity index (χ0n) is 8.66. The number of nitrogens with zero attached hydrogens (tertiary/aromatic N) is 1. The number of rotatable bonds is 3. The van der Waals surface area contributed by atoms with Gasteiger partial charge in [-0.1, -0.05) is 23.2 Å². The van der Waals surface area contributed by atoms with Crippen molar-refractivity contribution in [1.82, 2.24) is 4.98 Å². The predicted octanol–water partition coefficient (Wildman–Crippen LogP) is 4.73. The van der Waals surface area contributed by atoms with Crippen molar-refractivity contribution in [3.8, 4) is 5.75 Å². The topological polar surface area (TPSA) is 22.1 Å². The van der Waals surface area contributed by atoms with Crippen LogP contribution in [0.1, 0.15) is 5.69 Å². The van der Waals surface area contributed by atoms with Crippen molar-refractivity contribution < 1.29 is 4.74 Å². The van der Waals surface area contributed by atoms with Gasteiger partial charge < -0.3 is 4.74 Å². The summed E-state index contributed by atoms with van der Waals surface area (Å²) in [6, 6.07) is 8.85. The summed E-state index contributed by atoms with van der Waals surface area (Å²) in [5, 5.41) is 1.30. The molecule has 2 aromatic rings. The Morgan fingerprint density at radius 3 is 2.59 bits per heavy atom. The highest BCUT2D eigenvalue weighted by Crippen LogP contribution is 2.28. The van der Waals surface area contributed by atoms with E-state index in [0.29, 0.717) is 16.7 Å². The van der Waals surface area contributed by atoms with Gasteiger partial charge in [0.1, 0.15) is 12.4 Å². The number of benzene rings is 1. The first kappa shape index (κ1) is 12.7. The summed E-state index contributed by atoms with van der Waals surface area (Å²) < 4.78 is 6.42. The van der Waals surface area contributed by atoms with E-state index in [1.165, 1.54) is 0 Å². The Labute approximate surface area is 118 Å². The van der Waals surface area contributed by atoms with Gasteiger partial charge in [0.05, 0.1) is 10.2 Å². The molecule has 0 amide bonds. The molecular weight excluding hydrogens is 325 g/mol. The molecule has 17 heavy (non-hydrogen) atoms. The Kier molecular flexibility index (Phi) is 4.26. The molecule has 0 unspecified atom stereocenters. The van der Waals surface area contributed by atoms with Crippen molar-refractivity contribution in [2.24, 2.45) is 0 Å². The van der Waals surface area contributed by atoms with E-state index in [9.17, 15) is 0 Å². The average molecular weight is 333 g/mol. The molecule has 1 aromatic heterocycles. The highest BCUT2D eigenvalue weighted by Gasteiger charge is 2.03. The van der Waals surface area contributed by atoms with Crippen molar-refractivity contribution in [3.63, 3.8) is 0 Å². The smallest absolute Gasteiger partial charge is 0.134 e. The van der Waals surface area contributed by atoms with Gasteiger partial charge in [-0.2, -0.15) is 0 Å². The van der Waals surface area contributed by atoms with Gasteiger partial charge in [-0.25, -0.2) is 0 Å². The molecule has 0 aliphatic heterocycles. The molecule has 0 fully saturated rings. The summed E-state index contributed by atoms with van der Waals surface area (Å²) in [6.45, 7) is 0.362. The lowest BCUT2D eigenvalue weighted by atomic mass is 10.3. The summed E-state index contributed by atoms with van der Waals surface area (Å²) in [5.41, 5.74) is 0.777. The lowest BCUT2D eigenvalue weighted by Gasteiger charge is -2.08. The Morgan fingerprint density at radius 2 is 1.88 bits per heavy atom. The second-order valence-electron chi connectivity index (χ2n) is 3.33. The van der Waals surface area contributed by atoms with Crippen molar-refractivity contribution in [1.29, 1.82) is 0 Å². The molecule has 0 saturated heterocycles. The van der Waals surface area contributed by atoms with Crippen LogP contribution < -0.4 is 4.74 Å². The molecule has 88 valence electrons. The fraction of sp³-hybridized carbons (Fsp3) is 0.0833. The third-order valence-electron chi connectivity index (χ3n) is 2.05. The number of hydrogen-bond donors (Lipinski definition) is 0. The molecule has 0 N–H and O–H groups in total. The molecule has 0 spiro atoms. The highest BCUT2D eigenvalue weighted by atomic mass is 79.9. The molecule has 0 aliphatic carbocycles. The van der Waals surface area contributed by atoms with Crippen LogP contribution in [0.25, 0.3) is 0 Å². The van der Waals surface area contributed by atoms with Gasteiger partial charge >= 0.3 is 0 Å². The number of hydrogen-bond acceptors (Lipinski definition) is 2. The van der Waals surface area contributed by atoms with E-state index in [0.717, 1.165) is 15.9 Å². The van der Waals surface area contributed by atoms with Crippen LogP contribution in [0.15, 0.2) is 41.0 Å². The van der Waals surface area contributed by atoms with Crippen molar-refractivity contribution in [3.05, 3.63) is 56.7 Å². The Morgan fingerprint density at radius 1 is 1.12 bits per heavy atom. The van der Waals surface area contributed by atoms with Crippen LogP contribution in [0, 0.1) is 0 Å². The van der Waals surface area contributed by atoms with E-state index in [2.05, 4.69) is 20.9 Å². The fourth-order valence-corrected chi connectivity index (χ4v) is 2.25. The summed E-state index contributed by atoms with van der Waals surface area (Å²) >= 11 is 15.1. The molecule has 0 radical (unpaired) electrons. The van der Waals surface area contributed by atoms with Gasteiger partial charge in [0.2, 0.25) is 0 Å². The van der Waals surface area contributed by atoms with Gasteiger partial charge in [-0.3, -0.25) is 4.98 Å². The lowest BCUT2D eigenvalue weighted by molar-refractivity contribution is 0.299. The van der Waals surface area contributed by atoms with E-state index in [-0.39, 0.29) is 0 Å². The molecular formula is C12H8BrCl2NO. The fourth-order valence-electron chi connectivity index (χ4n) is 1.27. The molecule has 1 heterocycles. The van der Waals surface area contributed by atoms with Gasteiger partial charge in [0.25, 0.3) is 0 Å². The summed E-state index contributed by atoms with van der Waals surface area (Å²) in [6.07, 6.45) is 1.65. The minimum atomic E-state index is 0.362. The first-order valence-corrected chi connectivity index (χ1v) is 6.38. The third-order valence-corrected chi connectivity index (χ3v) is 3.14. The standard InChI is InChI=1S/C12H8BrCl2NO/c13-11-6-8(14)1-2-12(11)17-7-10-5-9(15)3-4-16-10/h1-6H,7H2. The Balaban J connectivity index is 2.07. The lowest BCUT2D eigenvalue weighted by Crippen LogP contribution is -1.98. The van der Waals surface area contributed by atoms with Crippen LogP contribution >= 0.6 is 39.1 Å². The zero-order chi connectivity index (χ0) is 12.3. The van der Waals surface area contributed by atoms with Crippen molar-refractivity contribution in [2.75, 3.05) is 0 Å². The molecule has 1 aromatic carbocycles. The predicted molar refractivity (Wildman–Crippen MR) is 72.7 cm³/mol. The van der Waals surface area contributed by atoms with E-state index >= 15 is 0 Å². The second kappa shape index (κ2) is 5.71. The largest absolute Gasteiger partial charge is 0.486 e. The molecule has 2 rings (SSSR count). The SMILES string of the molecule is Clc1ccnc(COc2ccc(Cl)cc2Br)c1. The van der Waals surface area contributed by atoms with E-state index in [4.69, 9.17) is 27.9 Å². The first-order valence-electron chi connectivity index (χ1n) is 4.83. The Bertz CT molecular complexity index is 534. The number of aromatic nitrogens is 1. The van der Waals surface area contributed by atoms with Gasteiger partial charge in [-0.15, -0.1) is 0 Å². The maximum Gasteiger partial charge on any atom is 0.134 e. The minimum absolute atomic E-state index is 0.362. The number of pyridine rings is 1. The molecule has 0 saturated carbocycles. The van der Waals surface area contributed by atoms with Gasteiger partial charge in [0, 0.05) is 16.2 Å². The van der Waals surface area contributed by atoms with Crippen LogP contribution in [-0.2, 0) is 6.61 Å². The van der Waals surface area contributed by atoms with E-state index < -0.39 is 0 Å². The summed E-state index contributed by atoms with van der Waals surface area (Å²) in [4.78, 5) is 4.15. The van der Waals surface area contributed by atoms with Crippen molar-refractivity contribution >= 4 is 39.1 Å². The molecule has 0 atom stereocenters. The quantitative estimate of drug-likeness (QED) is 0.810. The number of ether oxygens (including phenoxy) is 1. The Hall–Kier alpha value is -0.770. The average Bonchev–Trinajstić information content (AvgIpc) is 2.28. The zero-order valence-corrected chi connectivity index (χ0v) is 11.8. The second-order valence-corrected chi connectivity index (χ2v) is 5.06. The summed E-state index contributed by atoms with van der Waals surface area (Å²) in [7, 11) is 0. The van der Waals surface area contributed by atoms with Crippen LogP contribution in [-0.4, -0.2) is 4.98 Å². The summed E-state index contributed by atoms with van der Waals surface area (Å²) in [5.74, 6) is 0.719. The van der Waals surface area contributed by atoms with Crippen molar-refractivity contribution in [2.45, 2.75) is 6.61 Å². The minimum Gasteiger partial charge on any atom is -0.486 e. The maximum absolute atomic E-state index is 5.86. The number of halogens is 3. The third kappa shape index (κ3) is 3.60. The highest BCUT2D eigenvalue weighted by molar-refractivity contribution is 9.10. The first-order chi connectivity index (χ1) is 8.15. The van der Waals surface area contributed by atoms with Crippen LogP contribution in [0.3, 0.4) is 0 Å². The van der Waals surface area contributed by atoms with Crippen LogP contribution in [0.4, 0.5) is 0 Å². The van der Waals surface area contributed by atoms with E-state index in [1.54, 1.807) is 36.5 Å². The van der Waals surface area contributed by atoms with Gasteiger partial charge in [-0.05, 0) is 46.3 Å². The molecule has 0 bridgehead atoms. The monoisotopic (exact) mass is 331 g/mol. The maximum atomic E-state index is 5.86. The molecule has 2 nitrogen and oxygen atoms in total. The molecule has 0 aliphatic rings.